The van der Waals surface area contributed by atoms with Gasteiger partial charge in [-0.2, -0.15) is 0 Å². The van der Waals surface area contributed by atoms with Crippen LogP contribution in [0.2, 0.25) is 23.3 Å². The monoisotopic (exact) mass is 522 g/mol. The SMILES string of the molecule is CC(C)c1nccc(OCCCO[Si](C)(C)C(C)(C)C)c1-n1c(=O)[nH]c(=O)c2cc(F)c(Cl)nc21. The molecule has 3 aromatic rings. The summed E-state index contributed by atoms with van der Waals surface area (Å²) in [5.41, 5.74) is -0.707. The number of hydrogen-bond donors (Lipinski definition) is 1. The van der Waals surface area contributed by atoms with Crippen LogP contribution in [0.25, 0.3) is 16.7 Å². The van der Waals surface area contributed by atoms with Crippen LogP contribution in [-0.4, -0.2) is 41.1 Å². The van der Waals surface area contributed by atoms with Crippen molar-refractivity contribution in [2.24, 2.45) is 0 Å². The third-order valence-electron chi connectivity index (χ3n) is 6.29. The van der Waals surface area contributed by atoms with E-state index in [0.717, 1.165) is 6.07 Å². The molecule has 0 amide bonds. The molecule has 0 aromatic carbocycles. The molecule has 0 aliphatic carbocycles. The van der Waals surface area contributed by atoms with Gasteiger partial charge in [0.05, 0.1) is 17.7 Å². The average molecular weight is 523 g/mol. The van der Waals surface area contributed by atoms with E-state index in [0.29, 0.717) is 36.8 Å². The predicted molar refractivity (Wildman–Crippen MR) is 138 cm³/mol. The Morgan fingerprint density at radius 3 is 2.54 bits per heavy atom. The van der Waals surface area contributed by atoms with Gasteiger partial charge >= 0.3 is 5.69 Å². The van der Waals surface area contributed by atoms with Crippen molar-refractivity contribution in [2.45, 2.75) is 65.1 Å². The second kappa shape index (κ2) is 10.2. The van der Waals surface area contributed by atoms with Crippen molar-refractivity contribution in [1.82, 2.24) is 19.5 Å². The molecule has 3 aromatic heterocycles. The molecule has 1 N–H and O–H groups in total. The number of rotatable bonds is 8. The zero-order valence-electron chi connectivity index (χ0n) is 21.2. The largest absolute Gasteiger partial charge is 0.491 e. The Hall–Kier alpha value is -2.56. The normalized spacial score (nSPS) is 12.5. The summed E-state index contributed by atoms with van der Waals surface area (Å²) >= 11 is 5.91. The third-order valence-corrected chi connectivity index (χ3v) is 11.1. The maximum absolute atomic E-state index is 14.1. The summed E-state index contributed by atoms with van der Waals surface area (Å²) in [7, 11) is -1.87. The van der Waals surface area contributed by atoms with Gasteiger partial charge in [-0.25, -0.2) is 18.7 Å². The minimum absolute atomic E-state index is 0.0776. The van der Waals surface area contributed by atoms with Crippen LogP contribution in [0.4, 0.5) is 4.39 Å². The first-order valence-corrected chi connectivity index (χ1v) is 14.8. The Kier molecular flexibility index (Phi) is 7.88. The average Bonchev–Trinajstić information content (AvgIpc) is 2.74. The van der Waals surface area contributed by atoms with Gasteiger partial charge in [0.2, 0.25) is 0 Å². The number of aromatic nitrogens is 4. The van der Waals surface area contributed by atoms with Crippen molar-refractivity contribution in [1.29, 1.82) is 0 Å². The number of aromatic amines is 1. The smallest absolute Gasteiger partial charge is 0.334 e. The number of ether oxygens (including phenoxy) is 1. The zero-order valence-corrected chi connectivity index (χ0v) is 22.9. The van der Waals surface area contributed by atoms with E-state index in [-0.39, 0.29) is 22.0 Å². The first kappa shape index (κ1) is 27.0. The van der Waals surface area contributed by atoms with Crippen molar-refractivity contribution >= 4 is 31.0 Å². The third kappa shape index (κ3) is 5.65. The number of H-pyrrole nitrogens is 1. The van der Waals surface area contributed by atoms with Gasteiger partial charge in [0.15, 0.2) is 24.9 Å². The van der Waals surface area contributed by atoms with Crippen molar-refractivity contribution < 1.29 is 13.6 Å². The molecule has 35 heavy (non-hydrogen) atoms. The molecule has 0 saturated carbocycles. The van der Waals surface area contributed by atoms with Crippen molar-refractivity contribution in [2.75, 3.05) is 13.2 Å². The lowest BCUT2D eigenvalue weighted by atomic mass is 10.1. The number of pyridine rings is 2. The van der Waals surface area contributed by atoms with E-state index in [1.165, 1.54) is 4.57 Å². The lowest BCUT2D eigenvalue weighted by Crippen LogP contribution is -2.41. The van der Waals surface area contributed by atoms with Gasteiger partial charge < -0.3 is 9.16 Å². The topological polar surface area (TPSA) is 99.1 Å². The predicted octanol–water partition coefficient (Wildman–Crippen LogP) is 5.18. The van der Waals surface area contributed by atoms with Gasteiger partial charge in [0.25, 0.3) is 5.56 Å². The van der Waals surface area contributed by atoms with Gasteiger partial charge in [-0.1, -0.05) is 46.2 Å². The molecule has 0 atom stereocenters. The second-order valence-electron chi connectivity index (χ2n) is 10.2. The quantitative estimate of drug-likeness (QED) is 0.249. The molecular weight excluding hydrogens is 491 g/mol. The highest BCUT2D eigenvalue weighted by atomic mass is 35.5. The Balaban J connectivity index is 2.02. The van der Waals surface area contributed by atoms with Crippen LogP contribution >= 0.6 is 11.6 Å². The summed E-state index contributed by atoms with van der Waals surface area (Å²) in [6.45, 7) is 15.7. The Morgan fingerprint density at radius 2 is 1.91 bits per heavy atom. The van der Waals surface area contributed by atoms with Crippen molar-refractivity contribution in [3.63, 3.8) is 0 Å². The van der Waals surface area contributed by atoms with Crippen molar-refractivity contribution in [3.8, 4) is 11.4 Å². The Morgan fingerprint density at radius 1 is 1.23 bits per heavy atom. The summed E-state index contributed by atoms with van der Waals surface area (Å²) in [6, 6.07) is 2.61. The molecule has 0 radical (unpaired) electrons. The Labute approximate surface area is 209 Å². The molecule has 0 bridgehead atoms. The molecule has 3 heterocycles. The molecule has 0 spiro atoms. The molecule has 3 rings (SSSR count). The van der Waals surface area contributed by atoms with Crippen LogP contribution in [0, 0.1) is 5.82 Å². The number of nitrogens with zero attached hydrogens (tertiary/aromatic N) is 3. The fraction of sp³-hybridized carbons (Fsp3) is 0.500. The fourth-order valence-corrected chi connectivity index (χ4v) is 4.54. The van der Waals surface area contributed by atoms with Crippen molar-refractivity contribution in [3.05, 3.63) is 55.8 Å². The summed E-state index contributed by atoms with van der Waals surface area (Å²) < 4.78 is 27.5. The van der Waals surface area contributed by atoms with E-state index in [1.54, 1.807) is 12.3 Å². The van der Waals surface area contributed by atoms with Crippen LogP contribution < -0.4 is 16.0 Å². The van der Waals surface area contributed by atoms with Gasteiger partial charge in [0.1, 0.15) is 11.4 Å². The molecule has 190 valence electrons. The van der Waals surface area contributed by atoms with E-state index in [4.69, 9.17) is 20.8 Å². The van der Waals surface area contributed by atoms with Gasteiger partial charge in [-0.15, -0.1) is 0 Å². The van der Waals surface area contributed by atoms with E-state index < -0.39 is 30.5 Å². The molecule has 8 nitrogen and oxygen atoms in total. The molecule has 0 fully saturated rings. The molecule has 11 heteroatoms. The minimum Gasteiger partial charge on any atom is -0.491 e. The summed E-state index contributed by atoms with van der Waals surface area (Å²) in [6.07, 6.45) is 2.24. The first-order chi connectivity index (χ1) is 16.2. The molecule has 0 saturated heterocycles. The van der Waals surface area contributed by atoms with E-state index in [2.05, 4.69) is 48.8 Å². The highest BCUT2D eigenvalue weighted by Gasteiger charge is 2.36. The van der Waals surface area contributed by atoms with Gasteiger partial charge in [-0.05, 0) is 30.1 Å². The number of nitrogens with one attached hydrogen (secondary N) is 1. The second-order valence-corrected chi connectivity index (χ2v) is 15.4. The van der Waals surface area contributed by atoms with Gasteiger partial charge in [0, 0.05) is 25.3 Å². The fourth-order valence-electron chi connectivity index (χ4n) is 3.32. The highest BCUT2D eigenvalue weighted by molar-refractivity contribution is 6.74. The van der Waals surface area contributed by atoms with Crippen LogP contribution in [0.15, 0.2) is 27.9 Å². The molecule has 0 aliphatic rings. The highest BCUT2D eigenvalue weighted by Crippen LogP contribution is 2.36. The standard InChI is InChI=1S/C24H32ClFN4O4Si/c1-14(2)18-19(30-21-15(22(31)29-23(30)32)13-16(26)20(25)28-21)17(9-10-27-18)33-11-8-12-34-35(6,7)24(3,4)5/h9-10,13-14H,8,11-12H2,1-7H3,(H,29,31,32). The maximum Gasteiger partial charge on any atom is 0.334 e. The first-order valence-electron chi connectivity index (χ1n) is 11.5. The maximum atomic E-state index is 14.1. The van der Waals surface area contributed by atoms with Crippen LogP contribution in [0.3, 0.4) is 0 Å². The van der Waals surface area contributed by atoms with E-state index >= 15 is 0 Å². The molecule has 0 unspecified atom stereocenters. The summed E-state index contributed by atoms with van der Waals surface area (Å²) in [5.74, 6) is -0.572. The zero-order chi connectivity index (χ0) is 26.1. The summed E-state index contributed by atoms with van der Waals surface area (Å²) in [5, 5.41) is -0.450. The number of halogens is 2. The lowest BCUT2D eigenvalue weighted by molar-refractivity contribution is 0.233. The summed E-state index contributed by atoms with van der Waals surface area (Å²) in [4.78, 5) is 36.0. The Bertz CT molecular complexity index is 1350. The van der Waals surface area contributed by atoms with Crippen LogP contribution in [0.1, 0.15) is 52.7 Å². The number of hydrogen-bond acceptors (Lipinski definition) is 6. The number of fused-ring (bicyclic) bond motifs is 1. The van der Waals surface area contributed by atoms with E-state index in [1.807, 2.05) is 13.8 Å². The van der Waals surface area contributed by atoms with E-state index in [9.17, 15) is 14.0 Å². The van der Waals surface area contributed by atoms with Crippen LogP contribution in [0.5, 0.6) is 5.75 Å². The van der Waals surface area contributed by atoms with Gasteiger partial charge in [-0.3, -0.25) is 14.8 Å². The van der Waals surface area contributed by atoms with Crippen LogP contribution in [-0.2, 0) is 4.43 Å². The lowest BCUT2D eigenvalue weighted by Gasteiger charge is -2.36. The molecule has 0 aliphatic heterocycles. The molecular formula is C24H32ClFN4O4Si. The minimum atomic E-state index is -1.87.